The summed E-state index contributed by atoms with van der Waals surface area (Å²) in [6.45, 7) is 0.938. The van der Waals surface area contributed by atoms with Gasteiger partial charge in [0.25, 0.3) is 0 Å². The minimum atomic E-state index is 0. The first-order valence-electron chi connectivity index (χ1n) is 6.40. The minimum Gasteiger partial charge on any atom is -1.00 e. The highest BCUT2D eigenvalue weighted by Gasteiger charge is 2.29. The van der Waals surface area contributed by atoms with Crippen LogP contribution in [0.1, 0.15) is 28.8 Å². The van der Waals surface area contributed by atoms with E-state index < -0.39 is 0 Å². The van der Waals surface area contributed by atoms with E-state index in [2.05, 4.69) is 27.2 Å². The molecule has 1 atom stereocenters. The van der Waals surface area contributed by atoms with E-state index in [-0.39, 0.29) is 29.9 Å². The van der Waals surface area contributed by atoms with E-state index in [9.17, 15) is 4.79 Å². The van der Waals surface area contributed by atoms with Gasteiger partial charge in [-0.3, -0.25) is 4.79 Å². The average Bonchev–Trinajstić information content (AvgIpc) is 2.39. The first-order chi connectivity index (χ1) is 7.97. The third-order valence-corrected chi connectivity index (χ3v) is 3.42. The smallest absolute Gasteiger partial charge is 0.171 e. The molecular weight excluding hydrogens is 337 g/mol. The Kier molecular flexibility index (Phi) is 5.34. The van der Waals surface area contributed by atoms with Crippen LogP contribution >= 0.6 is 0 Å². The SMILES string of the molecule is C[N+](C)(C)CC1CCCc2ccccc2C1=O.[I-]. The number of nitrogens with zero attached hydrogens (tertiary/aromatic N) is 1. The van der Waals surface area contributed by atoms with Crippen LogP contribution in [0.15, 0.2) is 24.3 Å². The second-order valence-electron chi connectivity index (χ2n) is 6.08. The van der Waals surface area contributed by atoms with Crippen LogP contribution in [0.2, 0.25) is 0 Å². The number of carbonyl (C=O) groups excluding carboxylic acids is 1. The van der Waals surface area contributed by atoms with Gasteiger partial charge in [0.1, 0.15) is 0 Å². The maximum Gasteiger partial charge on any atom is 0.171 e. The summed E-state index contributed by atoms with van der Waals surface area (Å²) in [4.78, 5) is 12.5. The fourth-order valence-corrected chi connectivity index (χ4v) is 2.70. The summed E-state index contributed by atoms with van der Waals surface area (Å²) in [6.07, 6.45) is 3.21. The monoisotopic (exact) mass is 359 g/mol. The second kappa shape index (κ2) is 6.15. The lowest BCUT2D eigenvalue weighted by atomic mass is 9.94. The number of rotatable bonds is 2. The lowest BCUT2D eigenvalue weighted by Crippen LogP contribution is -3.00. The predicted molar refractivity (Wildman–Crippen MR) is 70.1 cm³/mol. The summed E-state index contributed by atoms with van der Waals surface area (Å²) in [6, 6.07) is 8.10. The van der Waals surface area contributed by atoms with Crippen molar-refractivity contribution in [3.63, 3.8) is 0 Å². The van der Waals surface area contributed by atoms with E-state index >= 15 is 0 Å². The van der Waals surface area contributed by atoms with Crippen LogP contribution in [0.3, 0.4) is 0 Å². The number of benzene rings is 1. The van der Waals surface area contributed by atoms with Crippen LogP contribution in [-0.4, -0.2) is 38.0 Å². The van der Waals surface area contributed by atoms with Gasteiger partial charge in [-0.05, 0) is 24.8 Å². The maximum atomic E-state index is 12.5. The van der Waals surface area contributed by atoms with Crippen LogP contribution in [0.5, 0.6) is 0 Å². The molecule has 18 heavy (non-hydrogen) atoms. The zero-order valence-corrected chi connectivity index (χ0v) is 13.6. The van der Waals surface area contributed by atoms with E-state index in [0.717, 1.165) is 35.9 Å². The van der Waals surface area contributed by atoms with E-state index in [0.29, 0.717) is 5.78 Å². The van der Waals surface area contributed by atoms with Gasteiger partial charge in [-0.1, -0.05) is 24.3 Å². The molecule has 0 saturated heterocycles. The Morgan fingerprint density at radius 1 is 1.22 bits per heavy atom. The molecule has 0 spiro atoms. The molecule has 1 unspecified atom stereocenters. The van der Waals surface area contributed by atoms with Crippen molar-refractivity contribution in [1.29, 1.82) is 0 Å². The summed E-state index contributed by atoms with van der Waals surface area (Å²) in [5.41, 5.74) is 2.20. The highest BCUT2D eigenvalue weighted by molar-refractivity contribution is 5.99. The van der Waals surface area contributed by atoms with Crippen molar-refractivity contribution in [2.45, 2.75) is 19.3 Å². The van der Waals surface area contributed by atoms with Gasteiger partial charge in [-0.25, -0.2) is 0 Å². The van der Waals surface area contributed by atoms with Gasteiger partial charge in [0.2, 0.25) is 0 Å². The van der Waals surface area contributed by atoms with Gasteiger partial charge in [0, 0.05) is 5.56 Å². The number of hydrogen-bond acceptors (Lipinski definition) is 1. The van der Waals surface area contributed by atoms with E-state index in [1.807, 2.05) is 18.2 Å². The molecule has 1 aromatic carbocycles. The third-order valence-electron chi connectivity index (χ3n) is 3.42. The minimum absolute atomic E-state index is 0. The summed E-state index contributed by atoms with van der Waals surface area (Å²) in [5, 5.41) is 0. The largest absolute Gasteiger partial charge is 1.00 e. The molecular formula is C15H22INO. The van der Waals surface area contributed by atoms with Crippen LogP contribution in [0, 0.1) is 5.92 Å². The fraction of sp³-hybridized carbons (Fsp3) is 0.533. The molecule has 0 aromatic heterocycles. The van der Waals surface area contributed by atoms with E-state index in [1.54, 1.807) is 0 Å². The number of hydrogen-bond donors (Lipinski definition) is 0. The fourth-order valence-electron chi connectivity index (χ4n) is 2.70. The van der Waals surface area contributed by atoms with Gasteiger partial charge in [-0.2, -0.15) is 0 Å². The molecule has 0 amide bonds. The molecule has 0 saturated carbocycles. The number of halogens is 1. The number of fused-ring (bicyclic) bond motifs is 1. The molecule has 2 rings (SSSR count). The van der Waals surface area contributed by atoms with Crippen LogP contribution in [-0.2, 0) is 6.42 Å². The topological polar surface area (TPSA) is 17.1 Å². The molecule has 1 aliphatic carbocycles. The zero-order chi connectivity index (χ0) is 12.5. The van der Waals surface area contributed by atoms with Crippen LogP contribution < -0.4 is 24.0 Å². The van der Waals surface area contributed by atoms with Gasteiger partial charge in [-0.15, -0.1) is 0 Å². The molecule has 100 valence electrons. The van der Waals surface area contributed by atoms with Crippen molar-refractivity contribution in [3.8, 4) is 0 Å². The normalized spacial score (nSPS) is 19.7. The zero-order valence-electron chi connectivity index (χ0n) is 11.4. The molecule has 3 heteroatoms. The Labute approximate surface area is 127 Å². The third kappa shape index (κ3) is 3.79. The van der Waals surface area contributed by atoms with Gasteiger partial charge < -0.3 is 28.5 Å². The van der Waals surface area contributed by atoms with E-state index in [4.69, 9.17) is 0 Å². The van der Waals surface area contributed by atoms with Crippen molar-refractivity contribution < 1.29 is 33.3 Å². The Bertz CT molecular complexity index is 423. The Morgan fingerprint density at radius 2 is 1.89 bits per heavy atom. The molecule has 1 aliphatic rings. The first-order valence-corrected chi connectivity index (χ1v) is 6.40. The number of quaternary nitrogens is 1. The highest BCUT2D eigenvalue weighted by Crippen LogP contribution is 2.25. The molecule has 0 aliphatic heterocycles. The maximum absolute atomic E-state index is 12.5. The Balaban J connectivity index is 0.00000162. The molecule has 1 aromatic rings. The van der Waals surface area contributed by atoms with Crippen molar-refractivity contribution in [1.82, 2.24) is 0 Å². The highest BCUT2D eigenvalue weighted by atomic mass is 127. The lowest BCUT2D eigenvalue weighted by molar-refractivity contribution is -0.872. The van der Waals surface area contributed by atoms with Crippen molar-refractivity contribution in [2.24, 2.45) is 5.92 Å². The predicted octanol–water partition coefficient (Wildman–Crippen LogP) is -0.468. The van der Waals surface area contributed by atoms with Crippen molar-refractivity contribution >= 4 is 5.78 Å². The molecule has 0 N–H and O–H groups in total. The van der Waals surface area contributed by atoms with E-state index in [1.165, 1.54) is 5.56 Å². The van der Waals surface area contributed by atoms with Gasteiger partial charge in [0.05, 0.1) is 33.6 Å². The average molecular weight is 359 g/mol. The summed E-state index contributed by atoms with van der Waals surface area (Å²) in [5.74, 6) is 0.546. The number of carbonyl (C=O) groups is 1. The molecule has 0 bridgehead atoms. The second-order valence-corrected chi connectivity index (χ2v) is 6.08. The van der Waals surface area contributed by atoms with Crippen molar-refractivity contribution in [2.75, 3.05) is 27.7 Å². The number of aryl methyl sites for hydroxylation is 1. The summed E-state index contributed by atoms with van der Waals surface area (Å²) >= 11 is 0. The molecule has 0 fully saturated rings. The van der Waals surface area contributed by atoms with Crippen molar-refractivity contribution in [3.05, 3.63) is 35.4 Å². The first kappa shape index (κ1) is 15.6. The quantitative estimate of drug-likeness (QED) is 0.397. The Hall–Kier alpha value is -0.420. The summed E-state index contributed by atoms with van der Waals surface area (Å²) in [7, 11) is 6.47. The van der Waals surface area contributed by atoms with Crippen LogP contribution in [0.25, 0.3) is 0 Å². The summed E-state index contributed by atoms with van der Waals surface area (Å²) < 4.78 is 0.860. The van der Waals surface area contributed by atoms with Crippen LogP contribution in [0.4, 0.5) is 0 Å². The lowest BCUT2D eigenvalue weighted by Gasteiger charge is -2.28. The van der Waals surface area contributed by atoms with Gasteiger partial charge >= 0.3 is 0 Å². The Morgan fingerprint density at radius 3 is 2.56 bits per heavy atom. The number of ketones is 1. The molecule has 2 nitrogen and oxygen atoms in total. The standard InChI is InChI=1S/C15H22NO.HI/c1-16(2,3)11-13-9-6-8-12-7-4-5-10-14(12)15(13)17;/h4-5,7,10,13H,6,8-9,11H2,1-3H3;1H/q+1;/p-1. The van der Waals surface area contributed by atoms with Gasteiger partial charge in [0.15, 0.2) is 5.78 Å². The molecule has 0 radical (unpaired) electrons. The number of Topliss-reactive ketones (excluding diaryl/α,β-unsaturated/α-hetero) is 1. The molecule has 0 heterocycles.